The molecular weight excluding hydrogens is 352 g/mol. The van der Waals surface area contributed by atoms with E-state index < -0.39 is 5.97 Å². The molecule has 0 saturated carbocycles. The Balaban J connectivity index is 1.61. The predicted octanol–water partition coefficient (Wildman–Crippen LogP) is 3.85. The maximum Gasteiger partial charge on any atom is 0.352 e. The summed E-state index contributed by atoms with van der Waals surface area (Å²) in [5.41, 5.74) is 0.398. The highest BCUT2D eigenvalue weighted by Crippen LogP contribution is 2.28. The molecule has 3 heterocycles. The van der Waals surface area contributed by atoms with Crippen LogP contribution in [0.2, 0.25) is 0 Å². The maximum atomic E-state index is 11.2. The number of hydrogen-bond donors (Lipinski definition) is 1. The minimum Gasteiger partial charge on any atom is -0.477 e. The number of piperidine rings is 1. The lowest BCUT2D eigenvalue weighted by Gasteiger charge is -2.33. The predicted molar refractivity (Wildman–Crippen MR) is 87.0 cm³/mol. The van der Waals surface area contributed by atoms with E-state index in [0.29, 0.717) is 11.7 Å². The van der Waals surface area contributed by atoms with Crippen LogP contribution < -0.4 is 0 Å². The standard InChI is InChI=1S/C15H17BrN2O2S/c16-12-5-9-21-14(12)10-17-7-3-11(4-8-17)18-6-1-2-13(18)15(19)20/h1-2,5-6,9,11H,3-4,7-8,10H2,(H,19,20). The number of carboxylic acids is 1. The molecule has 4 nitrogen and oxygen atoms in total. The molecule has 0 bridgehead atoms. The van der Waals surface area contributed by atoms with Crippen molar-refractivity contribution in [2.45, 2.75) is 25.4 Å². The Morgan fingerprint density at radius 3 is 2.76 bits per heavy atom. The van der Waals surface area contributed by atoms with E-state index >= 15 is 0 Å². The Bertz CT molecular complexity index is 629. The molecule has 21 heavy (non-hydrogen) atoms. The number of carboxylic acid groups (broad SMARTS) is 1. The molecule has 0 amide bonds. The van der Waals surface area contributed by atoms with Gasteiger partial charge in [0, 0.05) is 41.2 Å². The highest BCUT2D eigenvalue weighted by Gasteiger charge is 2.23. The molecule has 112 valence electrons. The molecule has 0 aromatic carbocycles. The average Bonchev–Trinajstić information content (AvgIpc) is 3.10. The van der Waals surface area contributed by atoms with Gasteiger partial charge in [0.2, 0.25) is 0 Å². The summed E-state index contributed by atoms with van der Waals surface area (Å²) in [6, 6.07) is 5.89. The molecule has 2 aromatic heterocycles. The fourth-order valence-corrected chi connectivity index (χ4v) is 4.41. The maximum absolute atomic E-state index is 11.2. The summed E-state index contributed by atoms with van der Waals surface area (Å²) in [5.74, 6) is -0.843. The quantitative estimate of drug-likeness (QED) is 0.891. The first-order valence-corrected chi connectivity index (χ1v) is 8.67. The van der Waals surface area contributed by atoms with Crippen LogP contribution in [0.1, 0.15) is 34.2 Å². The zero-order chi connectivity index (χ0) is 14.8. The zero-order valence-electron chi connectivity index (χ0n) is 11.5. The third-order valence-electron chi connectivity index (χ3n) is 4.01. The molecule has 6 heteroatoms. The van der Waals surface area contributed by atoms with Gasteiger partial charge in [0.05, 0.1) is 0 Å². The van der Waals surface area contributed by atoms with Crippen molar-refractivity contribution in [3.63, 3.8) is 0 Å². The van der Waals surface area contributed by atoms with Crippen LogP contribution in [-0.4, -0.2) is 33.6 Å². The van der Waals surface area contributed by atoms with Crippen LogP contribution in [0.5, 0.6) is 0 Å². The number of aromatic nitrogens is 1. The fourth-order valence-electron chi connectivity index (χ4n) is 2.89. The molecule has 1 N–H and O–H groups in total. The summed E-state index contributed by atoms with van der Waals surface area (Å²) in [4.78, 5) is 15.0. The van der Waals surface area contributed by atoms with Crippen LogP contribution in [-0.2, 0) is 6.54 Å². The Morgan fingerprint density at radius 2 is 2.14 bits per heavy atom. The topological polar surface area (TPSA) is 45.5 Å². The van der Waals surface area contributed by atoms with Crippen molar-refractivity contribution in [3.8, 4) is 0 Å². The molecule has 1 aliphatic heterocycles. The number of nitrogens with zero attached hydrogens (tertiary/aromatic N) is 2. The van der Waals surface area contributed by atoms with E-state index in [2.05, 4.69) is 32.3 Å². The molecular formula is C15H17BrN2O2S. The van der Waals surface area contributed by atoms with Crippen LogP contribution in [0.3, 0.4) is 0 Å². The second-order valence-electron chi connectivity index (χ2n) is 5.30. The van der Waals surface area contributed by atoms with Gasteiger partial charge in [0.15, 0.2) is 0 Å². The molecule has 1 saturated heterocycles. The first-order chi connectivity index (χ1) is 10.1. The number of likely N-dealkylation sites (tertiary alicyclic amines) is 1. The van der Waals surface area contributed by atoms with Gasteiger partial charge in [-0.05, 0) is 52.4 Å². The molecule has 0 spiro atoms. The minimum atomic E-state index is -0.843. The first kappa shape index (κ1) is 14.8. The summed E-state index contributed by atoms with van der Waals surface area (Å²) in [6.07, 6.45) is 3.88. The van der Waals surface area contributed by atoms with E-state index in [1.807, 2.05) is 16.8 Å². The van der Waals surface area contributed by atoms with Crippen LogP contribution in [0.15, 0.2) is 34.2 Å². The van der Waals surface area contributed by atoms with Gasteiger partial charge < -0.3 is 9.67 Å². The van der Waals surface area contributed by atoms with Gasteiger partial charge in [-0.2, -0.15) is 0 Å². The first-order valence-electron chi connectivity index (χ1n) is 6.99. The lowest BCUT2D eigenvalue weighted by Crippen LogP contribution is -2.34. The lowest BCUT2D eigenvalue weighted by atomic mass is 10.0. The third kappa shape index (κ3) is 3.22. The minimum absolute atomic E-state index is 0.300. The molecule has 0 radical (unpaired) electrons. The molecule has 0 atom stereocenters. The molecule has 1 aliphatic rings. The van der Waals surface area contributed by atoms with Gasteiger partial charge in [-0.25, -0.2) is 4.79 Å². The second kappa shape index (κ2) is 6.34. The lowest BCUT2D eigenvalue weighted by molar-refractivity contribution is 0.0678. The Hall–Kier alpha value is -1.11. The van der Waals surface area contributed by atoms with Crippen LogP contribution in [0, 0.1) is 0 Å². The van der Waals surface area contributed by atoms with Crippen molar-refractivity contribution in [2.75, 3.05) is 13.1 Å². The van der Waals surface area contributed by atoms with Crippen molar-refractivity contribution in [1.29, 1.82) is 0 Å². The fraction of sp³-hybridized carbons (Fsp3) is 0.400. The third-order valence-corrected chi connectivity index (χ3v) is 5.92. The molecule has 1 fully saturated rings. The number of rotatable bonds is 4. The highest BCUT2D eigenvalue weighted by atomic mass is 79.9. The van der Waals surface area contributed by atoms with Crippen molar-refractivity contribution in [2.24, 2.45) is 0 Å². The van der Waals surface area contributed by atoms with Crippen molar-refractivity contribution < 1.29 is 9.90 Å². The van der Waals surface area contributed by atoms with Crippen molar-refractivity contribution in [1.82, 2.24) is 9.47 Å². The molecule has 0 aliphatic carbocycles. The Kier molecular flexibility index (Phi) is 4.47. The van der Waals surface area contributed by atoms with E-state index in [4.69, 9.17) is 0 Å². The summed E-state index contributed by atoms with van der Waals surface area (Å²) in [5, 5.41) is 11.3. The number of hydrogen-bond acceptors (Lipinski definition) is 3. The van der Waals surface area contributed by atoms with Gasteiger partial charge >= 0.3 is 5.97 Å². The molecule has 2 aromatic rings. The SMILES string of the molecule is O=C(O)c1cccn1C1CCN(Cc2sccc2Br)CC1. The van der Waals surface area contributed by atoms with Gasteiger partial charge in [-0.1, -0.05) is 0 Å². The van der Waals surface area contributed by atoms with Crippen molar-refractivity contribution >= 4 is 33.2 Å². The smallest absolute Gasteiger partial charge is 0.352 e. The highest BCUT2D eigenvalue weighted by molar-refractivity contribution is 9.10. The largest absolute Gasteiger partial charge is 0.477 e. The summed E-state index contributed by atoms with van der Waals surface area (Å²) >= 11 is 5.35. The van der Waals surface area contributed by atoms with Crippen molar-refractivity contribution in [3.05, 3.63) is 44.8 Å². The zero-order valence-corrected chi connectivity index (χ0v) is 13.9. The van der Waals surface area contributed by atoms with E-state index in [0.717, 1.165) is 32.5 Å². The molecule has 3 rings (SSSR count). The Morgan fingerprint density at radius 1 is 1.38 bits per heavy atom. The van der Waals surface area contributed by atoms with Crippen LogP contribution in [0.4, 0.5) is 0 Å². The van der Waals surface area contributed by atoms with Crippen LogP contribution in [0.25, 0.3) is 0 Å². The van der Waals surface area contributed by atoms with Gasteiger partial charge in [0.25, 0.3) is 0 Å². The van der Waals surface area contributed by atoms with Crippen LogP contribution >= 0.6 is 27.3 Å². The van der Waals surface area contributed by atoms with E-state index in [1.54, 1.807) is 17.4 Å². The van der Waals surface area contributed by atoms with E-state index in [-0.39, 0.29) is 0 Å². The average molecular weight is 369 g/mol. The number of halogens is 1. The summed E-state index contributed by atoms with van der Waals surface area (Å²) < 4.78 is 3.11. The number of thiophene rings is 1. The van der Waals surface area contributed by atoms with E-state index in [9.17, 15) is 9.90 Å². The van der Waals surface area contributed by atoms with E-state index in [1.165, 1.54) is 9.35 Å². The second-order valence-corrected chi connectivity index (χ2v) is 7.16. The molecule has 0 unspecified atom stereocenters. The number of carbonyl (C=O) groups is 1. The summed E-state index contributed by atoms with van der Waals surface area (Å²) in [7, 11) is 0. The monoisotopic (exact) mass is 368 g/mol. The van der Waals surface area contributed by atoms with Gasteiger partial charge in [-0.3, -0.25) is 4.90 Å². The number of aromatic carboxylic acids is 1. The van der Waals surface area contributed by atoms with Gasteiger partial charge in [-0.15, -0.1) is 11.3 Å². The summed E-state index contributed by atoms with van der Waals surface area (Å²) in [6.45, 7) is 2.99. The van der Waals surface area contributed by atoms with Gasteiger partial charge in [0.1, 0.15) is 5.69 Å². The Labute approximate surface area is 136 Å². The normalized spacial score (nSPS) is 17.2.